The molecule has 114 valence electrons. The van der Waals surface area contributed by atoms with E-state index in [1.807, 2.05) is 18.2 Å². The van der Waals surface area contributed by atoms with E-state index in [0.717, 1.165) is 34.8 Å². The lowest BCUT2D eigenvalue weighted by Crippen LogP contribution is -2.06. The molecule has 2 heterocycles. The van der Waals surface area contributed by atoms with E-state index >= 15 is 0 Å². The molecule has 0 saturated heterocycles. The Balaban J connectivity index is 2.30. The summed E-state index contributed by atoms with van der Waals surface area (Å²) in [5.74, 6) is 0.837. The van der Waals surface area contributed by atoms with Crippen molar-refractivity contribution in [3.63, 3.8) is 0 Å². The minimum absolute atomic E-state index is 0.586. The standard InChI is InChI=1S/C18H21N3O/c1-12-4-6-16(22-3)14(10-12)18-15(8-9-19)21-11-13(2)5-7-17(21)20-18/h4-7,10-11H,8-9,19H2,1-3H3. The largest absolute Gasteiger partial charge is 0.496 e. The molecule has 0 fully saturated rings. The van der Waals surface area contributed by atoms with E-state index in [-0.39, 0.29) is 0 Å². The van der Waals surface area contributed by atoms with Crippen molar-refractivity contribution in [1.82, 2.24) is 9.38 Å². The Morgan fingerprint density at radius 2 is 1.91 bits per heavy atom. The van der Waals surface area contributed by atoms with Crippen LogP contribution in [-0.4, -0.2) is 23.0 Å². The first-order valence-corrected chi connectivity index (χ1v) is 7.46. The number of imidazole rings is 1. The Hall–Kier alpha value is -2.33. The predicted octanol–water partition coefficient (Wildman–Crippen LogP) is 3.13. The lowest BCUT2D eigenvalue weighted by molar-refractivity contribution is 0.416. The van der Waals surface area contributed by atoms with Gasteiger partial charge in [0.2, 0.25) is 0 Å². The fraction of sp³-hybridized carbons (Fsp3) is 0.278. The first kappa shape index (κ1) is 14.6. The topological polar surface area (TPSA) is 52.5 Å². The number of fused-ring (bicyclic) bond motifs is 1. The molecular weight excluding hydrogens is 274 g/mol. The van der Waals surface area contributed by atoms with Gasteiger partial charge in [-0.1, -0.05) is 17.7 Å². The molecule has 2 aromatic heterocycles. The summed E-state index contributed by atoms with van der Waals surface area (Å²) in [6, 6.07) is 10.3. The van der Waals surface area contributed by atoms with Crippen molar-refractivity contribution in [3.8, 4) is 17.0 Å². The molecule has 0 radical (unpaired) electrons. The summed E-state index contributed by atoms with van der Waals surface area (Å²) in [5, 5.41) is 0. The second kappa shape index (κ2) is 5.81. The number of aryl methyl sites for hydroxylation is 2. The van der Waals surface area contributed by atoms with Gasteiger partial charge in [0.1, 0.15) is 11.4 Å². The van der Waals surface area contributed by atoms with Gasteiger partial charge >= 0.3 is 0 Å². The van der Waals surface area contributed by atoms with Crippen LogP contribution in [0.1, 0.15) is 16.8 Å². The highest BCUT2D eigenvalue weighted by Gasteiger charge is 2.17. The van der Waals surface area contributed by atoms with Crippen LogP contribution in [0, 0.1) is 13.8 Å². The van der Waals surface area contributed by atoms with Gasteiger partial charge in [0.05, 0.1) is 18.5 Å². The van der Waals surface area contributed by atoms with Crippen LogP contribution in [0.3, 0.4) is 0 Å². The van der Waals surface area contributed by atoms with Gasteiger partial charge in [-0.05, 0) is 44.2 Å². The molecule has 3 aromatic rings. The Labute approximate surface area is 130 Å². The first-order valence-electron chi connectivity index (χ1n) is 7.46. The predicted molar refractivity (Wildman–Crippen MR) is 89.4 cm³/mol. The summed E-state index contributed by atoms with van der Waals surface area (Å²) in [6.07, 6.45) is 2.89. The molecule has 0 bridgehead atoms. The van der Waals surface area contributed by atoms with Gasteiger partial charge in [-0.15, -0.1) is 0 Å². The summed E-state index contributed by atoms with van der Waals surface area (Å²) < 4.78 is 7.67. The average Bonchev–Trinajstić information content (AvgIpc) is 2.86. The lowest BCUT2D eigenvalue weighted by atomic mass is 10.0. The van der Waals surface area contributed by atoms with Crippen molar-refractivity contribution in [1.29, 1.82) is 0 Å². The van der Waals surface area contributed by atoms with Crippen LogP contribution in [0.15, 0.2) is 36.5 Å². The number of methoxy groups -OCH3 is 1. The Morgan fingerprint density at radius 1 is 1.14 bits per heavy atom. The molecule has 22 heavy (non-hydrogen) atoms. The minimum atomic E-state index is 0.586. The maximum atomic E-state index is 5.82. The van der Waals surface area contributed by atoms with Gasteiger partial charge in [-0.2, -0.15) is 0 Å². The number of rotatable bonds is 4. The van der Waals surface area contributed by atoms with Gasteiger partial charge in [-0.3, -0.25) is 0 Å². The molecule has 0 aliphatic heterocycles. The van der Waals surface area contributed by atoms with E-state index in [1.165, 1.54) is 11.1 Å². The smallest absolute Gasteiger partial charge is 0.137 e. The Kier molecular flexibility index (Phi) is 3.86. The van der Waals surface area contributed by atoms with Crippen molar-refractivity contribution in [2.45, 2.75) is 20.3 Å². The zero-order valence-electron chi connectivity index (χ0n) is 13.3. The fourth-order valence-corrected chi connectivity index (χ4v) is 2.80. The quantitative estimate of drug-likeness (QED) is 0.804. The highest BCUT2D eigenvalue weighted by atomic mass is 16.5. The summed E-state index contributed by atoms with van der Waals surface area (Å²) in [4.78, 5) is 4.82. The number of nitrogens with zero attached hydrogens (tertiary/aromatic N) is 2. The summed E-state index contributed by atoms with van der Waals surface area (Å²) >= 11 is 0. The summed E-state index contributed by atoms with van der Waals surface area (Å²) in [5.41, 5.74) is 12.3. The van der Waals surface area contributed by atoms with Crippen molar-refractivity contribution in [2.24, 2.45) is 5.73 Å². The summed E-state index contributed by atoms with van der Waals surface area (Å²) in [6.45, 7) is 4.74. The van der Waals surface area contributed by atoms with E-state index < -0.39 is 0 Å². The van der Waals surface area contributed by atoms with Crippen LogP contribution in [0.5, 0.6) is 5.75 Å². The molecule has 4 heteroatoms. The van der Waals surface area contributed by atoms with Gasteiger partial charge in [0, 0.05) is 18.2 Å². The van der Waals surface area contributed by atoms with E-state index in [9.17, 15) is 0 Å². The highest BCUT2D eigenvalue weighted by Crippen LogP contribution is 2.33. The number of hydrogen-bond acceptors (Lipinski definition) is 3. The molecule has 0 unspecified atom stereocenters. The van der Waals surface area contributed by atoms with Crippen molar-refractivity contribution in [3.05, 3.63) is 53.3 Å². The molecule has 4 nitrogen and oxygen atoms in total. The molecule has 0 amide bonds. The monoisotopic (exact) mass is 295 g/mol. The first-order chi connectivity index (χ1) is 10.6. The molecule has 1 aromatic carbocycles. The number of pyridine rings is 1. The molecule has 0 aliphatic carbocycles. The number of hydrogen-bond donors (Lipinski definition) is 1. The van der Waals surface area contributed by atoms with E-state index in [4.69, 9.17) is 15.5 Å². The van der Waals surface area contributed by atoms with Crippen LogP contribution in [0.25, 0.3) is 16.9 Å². The van der Waals surface area contributed by atoms with Gasteiger partial charge in [0.15, 0.2) is 0 Å². The molecule has 0 aliphatic rings. The van der Waals surface area contributed by atoms with Crippen molar-refractivity contribution in [2.75, 3.05) is 13.7 Å². The third-order valence-electron chi connectivity index (χ3n) is 3.86. The van der Waals surface area contributed by atoms with Crippen LogP contribution in [-0.2, 0) is 6.42 Å². The maximum Gasteiger partial charge on any atom is 0.137 e. The highest BCUT2D eigenvalue weighted by molar-refractivity contribution is 5.73. The van der Waals surface area contributed by atoms with Crippen LogP contribution >= 0.6 is 0 Å². The second-order valence-electron chi connectivity index (χ2n) is 5.58. The van der Waals surface area contributed by atoms with Crippen LogP contribution in [0.4, 0.5) is 0 Å². The zero-order chi connectivity index (χ0) is 15.7. The maximum absolute atomic E-state index is 5.82. The normalized spacial score (nSPS) is 11.1. The SMILES string of the molecule is COc1ccc(C)cc1-c1nc2ccc(C)cn2c1CCN. The number of ether oxygens (including phenoxy) is 1. The van der Waals surface area contributed by atoms with Gasteiger partial charge in [-0.25, -0.2) is 4.98 Å². The average molecular weight is 295 g/mol. The number of aromatic nitrogens is 2. The molecular formula is C18H21N3O. The van der Waals surface area contributed by atoms with Crippen molar-refractivity contribution < 1.29 is 4.74 Å². The third kappa shape index (κ3) is 2.46. The van der Waals surface area contributed by atoms with E-state index in [1.54, 1.807) is 7.11 Å². The summed E-state index contributed by atoms with van der Waals surface area (Å²) in [7, 11) is 1.69. The van der Waals surface area contributed by atoms with Crippen LogP contribution < -0.4 is 10.5 Å². The van der Waals surface area contributed by atoms with Crippen LogP contribution in [0.2, 0.25) is 0 Å². The molecule has 0 saturated carbocycles. The lowest BCUT2D eigenvalue weighted by Gasteiger charge is -2.10. The molecule has 3 rings (SSSR count). The van der Waals surface area contributed by atoms with E-state index in [2.05, 4.69) is 36.6 Å². The second-order valence-corrected chi connectivity index (χ2v) is 5.58. The Morgan fingerprint density at radius 3 is 2.64 bits per heavy atom. The Bertz CT molecular complexity index is 821. The number of nitrogens with two attached hydrogens (primary N) is 1. The molecule has 0 spiro atoms. The molecule has 2 N–H and O–H groups in total. The van der Waals surface area contributed by atoms with Crippen molar-refractivity contribution >= 4 is 5.65 Å². The fourth-order valence-electron chi connectivity index (χ4n) is 2.80. The molecule has 0 atom stereocenters. The minimum Gasteiger partial charge on any atom is -0.496 e. The number of benzene rings is 1. The third-order valence-corrected chi connectivity index (χ3v) is 3.86. The zero-order valence-corrected chi connectivity index (χ0v) is 13.3. The van der Waals surface area contributed by atoms with E-state index in [0.29, 0.717) is 6.54 Å². The van der Waals surface area contributed by atoms with Gasteiger partial charge < -0.3 is 14.9 Å². The van der Waals surface area contributed by atoms with Gasteiger partial charge in [0.25, 0.3) is 0 Å².